The van der Waals surface area contributed by atoms with Gasteiger partial charge in [-0.1, -0.05) is 30.3 Å². The predicted molar refractivity (Wildman–Crippen MR) is 109 cm³/mol. The van der Waals surface area contributed by atoms with Crippen molar-refractivity contribution in [3.05, 3.63) is 41.5 Å². The Bertz CT molecular complexity index is 753. The first-order chi connectivity index (χ1) is 13.2. The van der Waals surface area contributed by atoms with Gasteiger partial charge < -0.3 is 19.5 Å². The van der Waals surface area contributed by atoms with Crippen LogP contribution in [0.5, 0.6) is 5.75 Å². The smallest absolute Gasteiger partial charge is 0.226 e. The van der Waals surface area contributed by atoms with Gasteiger partial charge in [-0.15, -0.1) is 12.4 Å². The van der Waals surface area contributed by atoms with E-state index in [1.165, 1.54) is 0 Å². The van der Waals surface area contributed by atoms with Crippen molar-refractivity contribution in [3.63, 3.8) is 0 Å². The van der Waals surface area contributed by atoms with Gasteiger partial charge in [-0.05, 0) is 18.9 Å². The number of halogens is 1. The Morgan fingerprint density at radius 1 is 1.36 bits per heavy atom. The maximum absolute atomic E-state index is 12.9. The Morgan fingerprint density at radius 2 is 2.18 bits per heavy atom. The Balaban J connectivity index is 0.00000280. The highest BCUT2D eigenvalue weighted by molar-refractivity contribution is 5.85. The number of amides is 1. The Morgan fingerprint density at radius 3 is 2.96 bits per heavy atom. The third-order valence-electron chi connectivity index (χ3n) is 4.83. The van der Waals surface area contributed by atoms with E-state index in [0.717, 1.165) is 43.1 Å². The van der Waals surface area contributed by atoms with Crippen molar-refractivity contribution in [1.29, 1.82) is 0 Å². The number of carbonyl (C=O) groups excluding carboxylic acids is 1. The van der Waals surface area contributed by atoms with Gasteiger partial charge in [0.05, 0.1) is 13.2 Å². The first-order valence-corrected chi connectivity index (χ1v) is 9.67. The molecule has 1 atom stereocenters. The Hall–Kier alpha value is -2.12. The number of ether oxygens (including phenoxy) is 1. The molecule has 1 N–H and O–H groups in total. The van der Waals surface area contributed by atoms with E-state index in [2.05, 4.69) is 22.4 Å². The fourth-order valence-corrected chi connectivity index (χ4v) is 3.47. The molecule has 1 aromatic heterocycles. The van der Waals surface area contributed by atoms with Crippen LogP contribution in [0.2, 0.25) is 0 Å². The van der Waals surface area contributed by atoms with Crippen LogP contribution in [0.3, 0.4) is 0 Å². The van der Waals surface area contributed by atoms with Crippen LogP contribution in [0, 0.1) is 0 Å². The van der Waals surface area contributed by atoms with Gasteiger partial charge in [0.2, 0.25) is 11.8 Å². The molecule has 1 amide bonds. The zero-order valence-corrected chi connectivity index (χ0v) is 17.3. The van der Waals surface area contributed by atoms with E-state index in [1.54, 1.807) is 7.11 Å². The van der Waals surface area contributed by atoms with Crippen molar-refractivity contribution in [2.75, 3.05) is 26.7 Å². The lowest BCUT2D eigenvalue weighted by atomic mass is 10.0. The minimum atomic E-state index is -0.0121. The van der Waals surface area contributed by atoms with Crippen molar-refractivity contribution in [2.45, 2.75) is 45.1 Å². The highest BCUT2D eigenvalue weighted by Crippen LogP contribution is 2.30. The molecule has 0 saturated carbocycles. The standard InChI is InChI=1S/C20H28N4O3.ClH/c1-3-7-18-22-19(27-23-18)10-6-11-20(25)24-13-12-21-14-16(24)15-8-4-5-9-17(15)26-2;/h4-5,8-9,16,21H,3,6-7,10-14H2,1-2H3;1H. The molecule has 1 aliphatic heterocycles. The van der Waals surface area contributed by atoms with Crippen LogP contribution in [-0.4, -0.2) is 47.7 Å². The number of nitrogens with zero attached hydrogens (tertiary/aromatic N) is 3. The third kappa shape index (κ3) is 5.45. The van der Waals surface area contributed by atoms with Crippen LogP contribution >= 0.6 is 12.4 Å². The molecule has 0 spiro atoms. The summed E-state index contributed by atoms with van der Waals surface area (Å²) in [5, 5.41) is 7.34. The average Bonchev–Trinajstić information content (AvgIpc) is 3.15. The Labute approximate surface area is 172 Å². The van der Waals surface area contributed by atoms with Crippen LogP contribution < -0.4 is 10.1 Å². The number of methoxy groups -OCH3 is 1. The number of benzene rings is 1. The van der Waals surface area contributed by atoms with E-state index in [9.17, 15) is 4.79 Å². The first-order valence-electron chi connectivity index (χ1n) is 9.67. The largest absolute Gasteiger partial charge is 0.496 e. The van der Waals surface area contributed by atoms with Gasteiger partial charge >= 0.3 is 0 Å². The van der Waals surface area contributed by atoms with Crippen molar-refractivity contribution in [3.8, 4) is 5.75 Å². The van der Waals surface area contributed by atoms with E-state index in [1.807, 2.05) is 29.2 Å². The van der Waals surface area contributed by atoms with E-state index in [4.69, 9.17) is 9.26 Å². The molecule has 1 aliphatic rings. The average molecular weight is 409 g/mol. The lowest BCUT2D eigenvalue weighted by molar-refractivity contribution is -0.134. The number of piperazine rings is 1. The molecule has 1 fully saturated rings. The summed E-state index contributed by atoms with van der Waals surface area (Å²) in [5.41, 5.74) is 1.04. The lowest BCUT2D eigenvalue weighted by Gasteiger charge is -2.37. The molecule has 1 aromatic carbocycles. The number of carbonyl (C=O) groups is 1. The van der Waals surface area contributed by atoms with Gasteiger partial charge in [0.15, 0.2) is 5.82 Å². The monoisotopic (exact) mass is 408 g/mol. The number of rotatable bonds is 8. The maximum atomic E-state index is 12.9. The predicted octanol–water partition coefficient (Wildman–Crippen LogP) is 2.95. The second kappa shape index (κ2) is 11.0. The molecule has 0 aliphatic carbocycles. The fraction of sp³-hybridized carbons (Fsp3) is 0.550. The molecular weight excluding hydrogens is 380 g/mol. The summed E-state index contributed by atoms with van der Waals surface area (Å²) in [6.45, 7) is 4.32. The van der Waals surface area contributed by atoms with Crippen LogP contribution in [-0.2, 0) is 17.6 Å². The van der Waals surface area contributed by atoms with Crippen molar-refractivity contribution >= 4 is 18.3 Å². The van der Waals surface area contributed by atoms with Crippen LogP contribution in [0.25, 0.3) is 0 Å². The molecule has 2 heterocycles. The van der Waals surface area contributed by atoms with Gasteiger partial charge in [-0.2, -0.15) is 4.98 Å². The summed E-state index contributed by atoms with van der Waals surface area (Å²) in [5.74, 6) is 2.34. The van der Waals surface area contributed by atoms with Gasteiger partial charge in [0.25, 0.3) is 0 Å². The molecule has 1 saturated heterocycles. The molecule has 2 aromatic rings. The van der Waals surface area contributed by atoms with Crippen molar-refractivity contribution in [2.24, 2.45) is 0 Å². The normalized spacial score (nSPS) is 16.5. The zero-order chi connectivity index (χ0) is 19.1. The van der Waals surface area contributed by atoms with Gasteiger partial charge in [-0.25, -0.2) is 0 Å². The summed E-state index contributed by atoms with van der Waals surface area (Å²) in [6, 6.07) is 7.89. The van der Waals surface area contributed by atoms with Gasteiger partial charge in [-0.3, -0.25) is 4.79 Å². The molecule has 1 unspecified atom stereocenters. The van der Waals surface area contributed by atoms with E-state index in [0.29, 0.717) is 31.7 Å². The molecule has 0 bridgehead atoms. The first kappa shape index (κ1) is 22.2. The Kier molecular flexibility index (Phi) is 8.73. The van der Waals surface area contributed by atoms with Crippen LogP contribution in [0.15, 0.2) is 28.8 Å². The molecule has 7 nitrogen and oxygen atoms in total. The molecular formula is C20H29ClN4O3. The van der Waals surface area contributed by atoms with E-state index >= 15 is 0 Å². The highest BCUT2D eigenvalue weighted by atomic mass is 35.5. The van der Waals surface area contributed by atoms with Crippen LogP contribution in [0.4, 0.5) is 0 Å². The third-order valence-corrected chi connectivity index (χ3v) is 4.83. The highest BCUT2D eigenvalue weighted by Gasteiger charge is 2.29. The quantitative estimate of drug-likeness (QED) is 0.723. The number of aromatic nitrogens is 2. The van der Waals surface area contributed by atoms with E-state index < -0.39 is 0 Å². The zero-order valence-electron chi connectivity index (χ0n) is 16.5. The summed E-state index contributed by atoms with van der Waals surface area (Å²) in [7, 11) is 1.67. The number of para-hydroxylation sites is 1. The second-order valence-corrected chi connectivity index (χ2v) is 6.76. The van der Waals surface area contributed by atoms with E-state index in [-0.39, 0.29) is 24.4 Å². The number of hydrogen-bond acceptors (Lipinski definition) is 6. The minimum Gasteiger partial charge on any atom is -0.496 e. The molecule has 0 radical (unpaired) electrons. The number of hydrogen-bond donors (Lipinski definition) is 1. The molecule has 154 valence electrons. The summed E-state index contributed by atoms with van der Waals surface area (Å²) in [4.78, 5) is 19.2. The summed E-state index contributed by atoms with van der Waals surface area (Å²) < 4.78 is 10.7. The minimum absolute atomic E-state index is 0. The molecule has 8 heteroatoms. The lowest BCUT2D eigenvalue weighted by Crippen LogP contribution is -2.48. The van der Waals surface area contributed by atoms with Crippen molar-refractivity contribution < 1.29 is 14.1 Å². The summed E-state index contributed by atoms with van der Waals surface area (Å²) in [6.07, 6.45) is 3.62. The topological polar surface area (TPSA) is 80.5 Å². The van der Waals surface area contributed by atoms with Crippen LogP contribution in [0.1, 0.15) is 49.5 Å². The fourth-order valence-electron chi connectivity index (χ4n) is 3.47. The second-order valence-electron chi connectivity index (χ2n) is 6.76. The number of nitrogens with one attached hydrogen (secondary N) is 1. The molecule has 3 rings (SSSR count). The van der Waals surface area contributed by atoms with Gasteiger partial charge in [0.1, 0.15) is 5.75 Å². The maximum Gasteiger partial charge on any atom is 0.226 e. The summed E-state index contributed by atoms with van der Waals surface area (Å²) >= 11 is 0. The SMILES string of the molecule is CCCc1noc(CCCC(=O)N2CCNCC2c2ccccc2OC)n1.Cl. The van der Waals surface area contributed by atoms with Crippen molar-refractivity contribution in [1.82, 2.24) is 20.4 Å². The van der Waals surface area contributed by atoms with Gasteiger partial charge in [0, 0.05) is 44.5 Å². The molecule has 28 heavy (non-hydrogen) atoms. The number of aryl methyl sites for hydroxylation is 2.